The fourth-order valence-electron chi connectivity index (χ4n) is 1.92. The Morgan fingerprint density at radius 1 is 1.55 bits per heavy atom. The summed E-state index contributed by atoms with van der Waals surface area (Å²) < 4.78 is 0. The molecule has 1 aliphatic carbocycles. The third-order valence-corrected chi connectivity index (χ3v) is 5.58. The summed E-state index contributed by atoms with van der Waals surface area (Å²) in [7, 11) is 0. The Morgan fingerprint density at radius 2 is 2.35 bits per heavy atom. The number of aryl methyl sites for hydroxylation is 1. The Hall–Kier alpha value is -1.14. The van der Waals surface area contributed by atoms with E-state index in [4.69, 9.17) is 0 Å². The van der Waals surface area contributed by atoms with E-state index >= 15 is 0 Å². The zero-order chi connectivity index (χ0) is 14.1. The number of thioether (sulfide) groups is 1. The van der Waals surface area contributed by atoms with Crippen molar-refractivity contribution in [2.24, 2.45) is 0 Å². The number of amides is 1. The Bertz CT molecular complexity index is 636. The molecular weight excluding hydrogens is 290 g/mol. The van der Waals surface area contributed by atoms with Gasteiger partial charge < -0.3 is 5.32 Å². The highest BCUT2D eigenvalue weighted by atomic mass is 32.2. The first-order chi connectivity index (χ1) is 9.67. The molecule has 3 rings (SSSR count). The molecule has 0 bridgehead atoms. The summed E-state index contributed by atoms with van der Waals surface area (Å²) in [5, 5.41) is 4.89. The Labute approximate surface area is 126 Å². The van der Waals surface area contributed by atoms with Crippen molar-refractivity contribution in [3.8, 4) is 0 Å². The topological polar surface area (TPSA) is 54.9 Å². The Morgan fingerprint density at radius 3 is 3.05 bits per heavy atom. The second-order valence-corrected chi connectivity index (χ2v) is 7.45. The minimum Gasteiger partial charge on any atom is -0.352 e. The van der Waals surface area contributed by atoms with Crippen molar-refractivity contribution < 1.29 is 4.79 Å². The molecule has 0 aromatic carbocycles. The summed E-state index contributed by atoms with van der Waals surface area (Å²) in [6.07, 6.45) is 4.82. The van der Waals surface area contributed by atoms with Crippen LogP contribution in [0.25, 0.3) is 10.2 Å². The van der Waals surface area contributed by atoms with Crippen LogP contribution in [-0.4, -0.2) is 27.2 Å². The van der Waals surface area contributed by atoms with E-state index in [9.17, 15) is 4.79 Å². The summed E-state index contributed by atoms with van der Waals surface area (Å²) in [4.78, 5) is 23.0. The highest BCUT2D eigenvalue weighted by Crippen LogP contribution is 2.33. The molecule has 0 saturated heterocycles. The van der Waals surface area contributed by atoms with Crippen molar-refractivity contribution in [2.45, 2.75) is 49.4 Å². The number of hydrogen-bond acceptors (Lipinski definition) is 5. The standard InChI is InChI=1S/C14H17N3OS2/c1-3-10-6-11-13(15-7-16-14(11)20-10)19-8(2)12(18)17-9-4-5-9/h6-9H,3-5H2,1-2H3,(H,17,18). The van der Waals surface area contributed by atoms with E-state index in [0.717, 1.165) is 34.5 Å². The summed E-state index contributed by atoms with van der Waals surface area (Å²) in [6.45, 7) is 4.07. The molecule has 2 heterocycles. The molecule has 1 fully saturated rings. The summed E-state index contributed by atoms with van der Waals surface area (Å²) >= 11 is 3.22. The average molecular weight is 307 g/mol. The lowest BCUT2D eigenvalue weighted by atomic mass is 10.3. The number of carbonyl (C=O) groups is 1. The molecule has 1 N–H and O–H groups in total. The highest BCUT2D eigenvalue weighted by Gasteiger charge is 2.26. The molecule has 0 spiro atoms. The molecule has 2 aromatic heterocycles. The maximum Gasteiger partial charge on any atom is 0.233 e. The van der Waals surface area contributed by atoms with E-state index in [1.54, 1.807) is 17.7 Å². The van der Waals surface area contributed by atoms with Gasteiger partial charge in [0.25, 0.3) is 0 Å². The van der Waals surface area contributed by atoms with Crippen molar-refractivity contribution in [1.82, 2.24) is 15.3 Å². The lowest BCUT2D eigenvalue weighted by Crippen LogP contribution is -2.32. The van der Waals surface area contributed by atoms with E-state index in [0.29, 0.717) is 6.04 Å². The van der Waals surface area contributed by atoms with Gasteiger partial charge in [-0.1, -0.05) is 18.7 Å². The van der Waals surface area contributed by atoms with Gasteiger partial charge in [0.1, 0.15) is 16.2 Å². The van der Waals surface area contributed by atoms with E-state index in [-0.39, 0.29) is 11.2 Å². The minimum atomic E-state index is -0.126. The van der Waals surface area contributed by atoms with Crippen molar-refractivity contribution in [3.05, 3.63) is 17.3 Å². The van der Waals surface area contributed by atoms with Gasteiger partial charge >= 0.3 is 0 Å². The van der Waals surface area contributed by atoms with Gasteiger partial charge in [-0.15, -0.1) is 11.3 Å². The van der Waals surface area contributed by atoms with Gasteiger partial charge in [0.15, 0.2) is 0 Å². The van der Waals surface area contributed by atoms with Crippen molar-refractivity contribution in [3.63, 3.8) is 0 Å². The molecular formula is C14H17N3OS2. The number of fused-ring (bicyclic) bond motifs is 1. The summed E-state index contributed by atoms with van der Waals surface area (Å²) in [6, 6.07) is 2.55. The third kappa shape index (κ3) is 2.96. The lowest BCUT2D eigenvalue weighted by molar-refractivity contribution is -0.120. The first kappa shape index (κ1) is 13.8. The largest absolute Gasteiger partial charge is 0.352 e. The molecule has 20 heavy (non-hydrogen) atoms. The van der Waals surface area contributed by atoms with Gasteiger partial charge in [-0.25, -0.2) is 9.97 Å². The van der Waals surface area contributed by atoms with Crippen LogP contribution in [0.2, 0.25) is 0 Å². The number of nitrogens with one attached hydrogen (secondary N) is 1. The minimum absolute atomic E-state index is 0.107. The predicted octanol–water partition coefficient (Wildman–Crippen LogP) is 3.01. The first-order valence-corrected chi connectivity index (χ1v) is 8.57. The molecule has 1 unspecified atom stereocenters. The maximum atomic E-state index is 12.0. The van der Waals surface area contributed by atoms with Crippen molar-refractivity contribution in [1.29, 1.82) is 0 Å². The van der Waals surface area contributed by atoms with Gasteiger partial charge in [-0.05, 0) is 32.3 Å². The van der Waals surface area contributed by atoms with Crippen LogP contribution in [0.4, 0.5) is 0 Å². The van der Waals surface area contributed by atoms with Gasteiger partial charge in [0, 0.05) is 16.3 Å². The number of carbonyl (C=O) groups excluding carboxylic acids is 1. The van der Waals surface area contributed by atoms with Crippen LogP contribution in [0, 0.1) is 0 Å². The highest BCUT2D eigenvalue weighted by molar-refractivity contribution is 8.00. The van der Waals surface area contributed by atoms with E-state index < -0.39 is 0 Å². The van der Waals surface area contributed by atoms with Crippen LogP contribution in [0.15, 0.2) is 17.4 Å². The smallest absolute Gasteiger partial charge is 0.233 e. The fraction of sp³-hybridized carbons (Fsp3) is 0.500. The fourth-order valence-corrected chi connectivity index (χ4v) is 3.82. The maximum absolute atomic E-state index is 12.0. The van der Waals surface area contributed by atoms with E-state index in [1.165, 1.54) is 16.6 Å². The number of thiophene rings is 1. The number of aromatic nitrogens is 2. The molecule has 1 aliphatic rings. The number of rotatable bonds is 5. The molecule has 2 aromatic rings. The molecule has 0 aliphatic heterocycles. The van der Waals surface area contributed by atoms with Crippen LogP contribution < -0.4 is 5.32 Å². The molecule has 1 saturated carbocycles. The van der Waals surface area contributed by atoms with Gasteiger partial charge in [-0.3, -0.25) is 4.79 Å². The quantitative estimate of drug-likeness (QED) is 0.681. The molecule has 4 nitrogen and oxygen atoms in total. The Balaban J connectivity index is 1.78. The van der Waals surface area contributed by atoms with Crippen LogP contribution in [0.5, 0.6) is 0 Å². The van der Waals surface area contributed by atoms with E-state index in [1.807, 2.05) is 6.92 Å². The number of hydrogen-bond donors (Lipinski definition) is 1. The molecule has 1 atom stereocenters. The predicted molar refractivity (Wildman–Crippen MR) is 83.3 cm³/mol. The van der Waals surface area contributed by atoms with E-state index in [2.05, 4.69) is 28.3 Å². The first-order valence-electron chi connectivity index (χ1n) is 6.88. The van der Waals surface area contributed by atoms with Crippen LogP contribution in [0.3, 0.4) is 0 Å². The summed E-state index contributed by atoms with van der Waals surface area (Å²) in [5.41, 5.74) is 0. The van der Waals surface area contributed by atoms with Gasteiger partial charge in [0.05, 0.1) is 5.25 Å². The van der Waals surface area contributed by atoms with Crippen molar-refractivity contribution in [2.75, 3.05) is 0 Å². The summed E-state index contributed by atoms with van der Waals surface area (Å²) in [5.74, 6) is 0.107. The third-order valence-electron chi connectivity index (χ3n) is 3.27. The number of nitrogens with zero attached hydrogens (tertiary/aromatic N) is 2. The second kappa shape index (κ2) is 5.69. The molecule has 1 amide bonds. The molecule has 106 valence electrons. The van der Waals surface area contributed by atoms with Gasteiger partial charge in [0.2, 0.25) is 5.91 Å². The molecule has 0 radical (unpaired) electrons. The zero-order valence-corrected chi connectivity index (χ0v) is 13.2. The average Bonchev–Trinajstić information content (AvgIpc) is 3.14. The van der Waals surface area contributed by atoms with Crippen LogP contribution in [0.1, 0.15) is 31.6 Å². The lowest BCUT2D eigenvalue weighted by Gasteiger charge is -2.11. The zero-order valence-electron chi connectivity index (χ0n) is 11.5. The SMILES string of the molecule is CCc1cc2c(SC(C)C(=O)NC3CC3)ncnc2s1. The monoisotopic (exact) mass is 307 g/mol. The normalized spacial score (nSPS) is 16.3. The molecule has 6 heteroatoms. The Kier molecular flexibility index (Phi) is 3.94. The van der Waals surface area contributed by atoms with Crippen LogP contribution in [-0.2, 0) is 11.2 Å². The second-order valence-electron chi connectivity index (χ2n) is 5.01. The van der Waals surface area contributed by atoms with Crippen LogP contribution >= 0.6 is 23.1 Å². The van der Waals surface area contributed by atoms with Gasteiger partial charge in [-0.2, -0.15) is 0 Å². The van der Waals surface area contributed by atoms with Crippen molar-refractivity contribution >= 4 is 39.2 Å².